The molecule has 0 radical (unpaired) electrons. The third-order valence-corrected chi connectivity index (χ3v) is 4.48. The van der Waals surface area contributed by atoms with Gasteiger partial charge in [-0.25, -0.2) is 9.97 Å². The molecule has 1 aromatic carbocycles. The first-order valence-electron chi connectivity index (χ1n) is 8.40. The first-order valence-corrected chi connectivity index (χ1v) is 8.40. The fourth-order valence-corrected chi connectivity index (χ4v) is 3.16. The fourth-order valence-electron chi connectivity index (χ4n) is 3.16. The first-order chi connectivity index (χ1) is 12.3. The topological polar surface area (TPSA) is 67.8 Å². The summed E-state index contributed by atoms with van der Waals surface area (Å²) in [5.74, 6) is 1.37. The molecule has 2 saturated heterocycles. The van der Waals surface area contributed by atoms with E-state index in [0.29, 0.717) is 38.0 Å². The quantitative estimate of drug-likeness (QED) is 0.830. The summed E-state index contributed by atoms with van der Waals surface area (Å²) in [6.45, 7) is 3.36. The zero-order valence-corrected chi connectivity index (χ0v) is 13.9. The number of rotatable bonds is 4. The van der Waals surface area contributed by atoms with Crippen molar-refractivity contribution in [1.29, 1.82) is 0 Å². The van der Waals surface area contributed by atoms with Crippen LogP contribution in [0, 0.1) is 0 Å². The van der Waals surface area contributed by atoms with Gasteiger partial charge in [0.05, 0.1) is 25.0 Å². The van der Waals surface area contributed by atoms with Gasteiger partial charge in [0.1, 0.15) is 13.2 Å². The number of benzene rings is 1. The maximum absolute atomic E-state index is 11.8. The third-order valence-electron chi connectivity index (χ3n) is 4.48. The molecular weight excluding hydrogens is 320 g/mol. The summed E-state index contributed by atoms with van der Waals surface area (Å²) in [6.07, 6.45) is 3.39. The molecule has 25 heavy (non-hydrogen) atoms. The second-order valence-corrected chi connectivity index (χ2v) is 6.20. The Morgan fingerprint density at radius 1 is 1.16 bits per heavy atom. The van der Waals surface area contributed by atoms with E-state index in [4.69, 9.17) is 9.47 Å². The molecule has 3 heterocycles. The van der Waals surface area contributed by atoms with Gasteiger partial charge in [0.2, 0.25) is 11.9 Å². The van der Waals surface area contributed by atoms with Gasteiger partial charge in [-0.1, -0.05) is 30.3 Å². The van der Waals surface area contributed by atoms with Crippen molar-refractivity contribution in [2.24, 2.45) is 0 Å². The average molecular weight is 340 g/mol. The second-order valence-electron chi connectivity index (χ2n) is 6.20. The van der Waals surface area contributed by atoms with Crippen LogP contribution >= 0.6 is 0 Å². The molecule has 7 nitrogen and oxygen atoms in total. The molecule has 2 aromatic rings. The lowest BCUT2D eigenvalue weighted by atomic mass is 10.1. The summed E-state index contributed by atoms with van der Waals surface area (Å²) in [7, 11) is 0. The molecule has 0 spiro atoms. The minimum Gasteiger partial charge on any atom is -0.486 e. The van der Waals surface area contributed by atoms with Crippen LogP contribution in [0.3, 0.4) is 0 Å². The van der Waals surface area contributed by atoms with Crippen molar-refractivity contribution < 1.29 is 14.3 Å². The Labute approximate surface area is 146 Å². The van der Waals surface area contributed by atoms with E-state index in [1.165, 1.54) is 0 Å². The molecule has 0 N–H and O–H groups in total. The summed E-state index contributed by atoms with van der Waals surface area (Å²) >= 11 is 0. The summed E-state index contributed by atoms with van der Waals surface area (Å²) in [5.41, 5.74) is 1.10. The molecule has 0 bridgehead atoms. The van der Waals surface area contributed by atoms with Crippen LogP contribution in [-0.2, 0) is 16.1 Å². The van der Waals surface area contributed by atoms with Crippen LogP contribution in [0.5, 0.6) is 5.75 Å². The van der Waals surface area contributed by atoms with E-state index in [2.05, 4.69) is 14.9 Å². The molecule has 0 aliphatic carbocycles. The Morgan fingerprint density at radius 2 is 1.96 bits per heavy atom. The minimum absolute atomic E-state index is 0.0708. The standard InChI is InChI=1S/C18H20N4O3/c23-17-13-24-12-15-10-21(6-7-22(15)17)18-19-8-16(9-20-18)25-11-14-4-2-1-3-5-14/h1-5,8-9,15H,6-7,10-13H2. The van der Waals surface area contributed by atoms with Crippen molar-refractivity contribution in [2.75, 3.05) is 37.7 Å². The molecule has 1 aromatic heterocycles. The highest BCUT2D eigenvalue weighted by atomic mass is 16.5. The molecule has 130 valence electrons. The smallest absolute Gasteiger partial charge is 0.249 e. The highest BCUT2D eigenvalue weighted by Gasteiger charge is 2.34. The highest BCUT2D eigenvalue weighted by molar-refractivity contribution is 5.78. The molecule has 1 atom stereocenters. The van der Waals surface area contributed by atoms with Crippen molar-refractivity contribution in [3.63, 3.8) is 0 Å². The van der Waals surface area contributed by atoms with Gasteiger partial charge in [0.15, 0.2) is 5.75 Å². The molecular formula is C18H20N4O3. The Balaban J connectivity index is 1.36. The van der Waals surface area contributed by atoms with E-state index >= 15 is 0 Å². The van der Waals surface area contributed by atoms with Gasteiger partial charge in [-0.3, -0.25) is 4.79 Å². The number of morpholine rings is 1. The fraction of sp³-hybridized carbons (Fsp3) is 0.389. The summed E-state index contributed by atoms with van der Waals surface area (Å²) in [4.78, 5) is 24.7. The average Bonchev–Trinajstić information content (AvgIpc) is 2.67. The monoisotopic (exact) mass is 340 g/mol. The highest BCUT2D eigenvalue weighted by Crippen LogP contribution is 2.19. The van der Waals surface area contributed by atoms with Gasteiger partial charge in [0, 0.05) is 19.6 Å². The van der Waals surface area contributed by atoms with Crippen LogP contribution in [0.4, 0.5) is 5.95 Å². The van der Waals surface area contributed by atoms with Crippen molar-refractivity contribution >= 4 is 11.9 Å². The SMILES string of the molecule is O=C1COCC2CN(c3ncc(OCc4ccccc4)cn3)CCN12. The van der Waals surface area contributed by atoms with Crippen LogP contribution in [-0.4, -0.2) is 59.7 Å². The molecule has 2 fully saturated rings. The molecule has 0 saturated carbocycles. The van der Waals surface area contributed by atoms with E-state index in [1.54, 1.807) is 12.4 Å². The number of nitrogens with zero attached hydrogens (tertiary/aromatic N) is 4. The van der Waals surface area contributed by atoms with Crippen molar-refractivity contribution in [1.82, 2.24) is 14.9 Å². The normalized spacial score (nSPS) is 20.3. The Morgan fingerprint density at radius 3 is 2.76 bits per heavy atom. The van der Waals surface area contributed by atoms with E-state index in [-0.39, 0.29) is 18.6 Å². The summed E-state index contributed by atoms with van der Waals surface area (Å²) < 4.78 is 11.1. The number of fused-ring (bicyclic) bond motifs is 1. The lowest BCUT2D eigenvalue weighted by Gasteiger charge is -2.43. The molecule has 2 aliphatic rings. The number of carbonyl (C=O) groups excluding carboxylic acids is 1. The van der Waals surface area contributed by atoms with Crippen molar-refractivity contribution in [2.45, 2.75) is 12.6 Å². The van der Waals surface area contributed by atoms with Crippen molar-refractivity contribution in [3.05, 3.63) is 48.3 Å². The minimum atomic E-state index is 0.0708. The van der Waals surface area contributed by atoms with Crippen LogP contribution in [0.1, 0.15) is 5.56 Å². The number of hydrogen-bond acceptors (Lipinski definition) is 6. The maximum atomic E-state index is 11.8. The van der Waals surface area contributed by atoms with Crippen LogP contribution in [0.2, 0.25) is 0 Å². The van der Waals surface area contributed by atoms with Gasteiger partial charge in [-0.2, -0.15) is 0 Å². The van der Waals surface area contributed by atoms with Crippen LogP contribution in [0.15, 0.2) is 42.7 Å². The van der Waals surface area contributed by atoms with Gasteiger partial charge in [0.25, 0.3) is 0 Å². The lowest BCUT2D eigenvalue weighted by molar-refractivity contribution is -0.148. The molecule has 7 heteroatoms. The Hall–Kier alpha value is -2.67. The maximum Gasteiger partial charge on any atom is 0.249 e. The van der Waals surface area contributed by atoms with E-state index < -0.39 is 0 Å². The summed E-state index contributed by atoms with van der Waals surface area (Å²) in [6, 6.07) is 10.1. The van der Waals surface area contributed by atoms with Gasteiger partial charge >= 0.3 is 0 Å². The lowest BCUT2D eigenvalue weighted by Crippen LogP contribution is -2.60. The van der Waals surface area contributed by atoms with Crippen LogP contribution < -0.4 is 9.64 Å². The number of aromatic nitrogens is 2. The molecule has 4 rings (SSSR count). The number of hydrogen-bond donors (Lipinski definition) is 0. The van der Waals surface area contributed by atoms with E-state index in [1.807, 2.05) is 35.2 Å². The van der Waals surface area contributed by atoms with Gasteiger partial charge in [-0.15, -0.1) is 0 Å². The predicted molar refractivity (Wildman–Crippen MR) is 91.3 cm³/mol. The molecule has 1 amide bonds. The number of anilines is 1. The van der Waals surface area contributed by atoms with Gasteiger partial charge < -0.3 is 19.3 Å². The van der Waals surface area contributed by atoms with E-state index in [9.17, 15) is 4.79 Å². The number of piperazine rings is 1. The largest absolute Gasteiger partial charge is 0.486 e. The Bertz CT molecular complexity index is 723. The predicted octanol–water partition coefficient (Wildman–Crippen LogP) is 1.10. The molecule has 2 aliphatic heterocycles. The number of amides is 1. The van der Waals surface area contributed by atoms with Gasteiger partial charge in [-0.05, 0) is 5.56 Å². The zero-order valence-electron chi connectivity index (χ0n) is 13.9. The Kier molecular flexibility index (Phi) is 4.47. The molecule has 1 unspecified atom stereocenters. The first kappa shape index (κ1) is 15.8. The summed E-state index contributed by atoms with van der Waals surface area (Å²) in [5, 5.41) is 0. The third kappa shape index (κ3) is 3.56. The van der Waals surface area contributed by atoms with E-state index in [0.717, 1.165) is 12.1 Å². The second kappa shape index (κ2) is 7.06. The van der Waals surface area contributed by atoms with Crippen LogP contribution in [0.25, 0.3) is 0 Å². The number of carbonyl (C=O) groups is 1. The number of ether oxygens (including phenoxy) is 2. The van der Waals surface area contributed by atoms with Crippen molar-refractivity contribution in [3.8, 4) is 5.75 Å². The zero-order chi connectivity index (χ0) is 17.1.